The highest BCUT2D eigenvalue weighted by molar-refractivity contribution is 9.10. The third kappa shape index (κ3) is 4.19. The number of rotatable bonds is 4. The maximum atomic E-state index is 12.4. The highest BCUT2D eigenvalue weighted by Crippen LogP contribution is 2.28. The van der Waals surface area contributed by atoms with E-state index < -0.39 is 14.6 Å². The Bertz CT molecular complexity index is 597. The van der Waals surface area contributed by atoms with Crippen LogP contribution in [0.15, 0.2) is 15.9 Å². The molecule has 0 saturated carbocycles. The van der Waals surface area contributed by atoms with Crippen molar-refractivity contribution in [2.24, 2.45) is 0 Å². The van der Waals surface area contributed by atoms with E-state index in [1.165, 1.54) is 11.3 Å². The van der Waals surface area contributed by atoms with Crippen LogP contribution in [0.4, 0.5) is 0 Å². The molecule has 1 aliphatic rings. The van der Waals surface area contributed by atoms with Gasteiger partial charge in [0.05, 0.1) is 6.54 Å². The topological polar surface area (TPSA) is 75.3 Å². The summed E-state index contributed by atoms with van der Waals surface area (Å²) in [4.78, 5) is 13.4. The number of carbonyl (C=O) groups excluding carboxylic acids is 1. The first kappa shape index (κ1) is 18.9. The fourth-order valence-corrected chi connectivity index (χ4v) is 5.12. The van der Waals surface area contributed by atoms with E-state index in [0.29, 0.717) is 32.5 Å². The summed E-state index contributed by atoms with van der Waals surface area (Å²) >= 11 is 4.87. The maximum absolute atomic E-state index is 12.4. The monoisotopic (exact) mass is 416 g/mol. The lowest BCUT2D eigenvalue weighted by atomic mass is 9.96. The molecule has 9 heteroatoms. The van der Waals surface area contributed by atoms with Crippen molar-refractivity contribution in [3.63, 3.8) is 0 Å². The summed E-state index contributed by atoms with van der Waals surface area (Å²) in [6.45, 7) is 1.45. The normalized spacial score (nSPS) is 17.8. The summed E-state index contributed by atoms with van der Waals surface area (Å²) in [6.07, 6.45) is 1.80. The van der Waals surface area contributed by atoms with Crippen molar-refractivity contribution >= 4 is 55.4 Å². The quantitative estimate of drug-likeness (QED) is 0.782. The van der Waals surface area contributed by atoms with Crippen molar-refractivity contribution in [2.75, 3.05) is 19.3 Å². The molecule has 1 aromatic heterocycles. The number of hydrogen-bond acceptors (Lipinski definition) is 5. The van der Waals surface area contributed by atoms with Crippen LogP contribution in [-0.2, 0) is 21.2 Å². The number of thiophene rings is 1. The Morgan fingerprint density at radius 1 is 1.48 bits per heavy atom. The molecule has 0 aromatic carbocycles. The fraction of sp³-hybridized carbons (Fsp3) is 0.583. The Labute approximate surface area is 143 Å². The van der Waals surface area contributed by atoms with Crippen molar-refractivity contribution in [1.29, 1.82) is 0 Å². The molecule has 1 aliphatic heterocycles. The number of sulfone groups is 1. The first-order valence-electron chi connectivity index (χ1n) is 6.27. The Balaban J connectivity index is 0.00000220. The summed E-state index contributed by atoms with van der Waals surface area (Å²) in [5.41, 5.74) is 0. The molecule has 0 spiro atoms. The molecular weight excluding hydrogens is 400 g/mol. The Morgan fingerprint density at radius 2 is 2.10 bits per heavy atom. The molecule has 0 bridgehead atoms. The highest BCUT2D eigenvalue weighted by atomic mass is 79.9. The fourth-order valence-electron chi connectivity index (χ4n) is 2.37. The van der Waals surface area contributed by atoms with Gasteiger partial charge in [0.25, 0.3) is 0 Å². The molecule has 2 N–H and O–H groups in total. The molecule has 1 amide bonds. The van der Waals surface area contributed by atoms with Gasteiger partial charge in [-0.25, -0.2) is 8.42 Å². The molecule has 1 fully saturated rings. The Hall–Kier alpha value is -0.150. The summed E-state index contributed by atoms with van der Waals surface area (Å²) in [5, 5.41) is 7.80. The molecule has 5 nitrogen and oxygen atoms in total. The molecule has 0 radical (unpaired) electrons. The largest absolute Gasteiger partial charge is 0.350 e. The molecule has 0 aliphatic carbocycles. The van der Waals surface area contributed by atoms with Crippen LogP contribution in [0, 0.1) is 0 Å². The van der Waals surface area contributed by atoms with Crippen LogP contribution >= 0.6 is 39.7 Å². The van der Waals surface area contributed by atoms with E-state index in [2.05, 4.69) is 26.6 Å². The van der Waals surface area contributed by atoms with Gasteiger partial charge < -0.3 is 10.6 Å². The first-order valence-corrected chi connectivity index (χ1v) is 9.83. The van der Waals surface area contributed by atoms with Gasteiger partial charge in [-0.05, 0) is 47.9 Å². The van der Waals surface area contributed by atoms with E-state index in [4.69, 9.17) is 0 Å². The van der Waals surface area contributed by atoms with Gasteiger partial charge in [0, 0.05) is 21.0 Å². The van der Waals surface area contributed by atoms with Gasteiger partial charge in [-0.3, -0.25) is 4.79 Å². The van der Waals surface area contributed by atoms with Crippen LogP contribution in [0.25, 0.3) is 0 Å². The number of piperidine rings is 1. The number of halogens is 2. The molecule has 21 heavy (non-hydrogen) atoms. The number of hydrogen-bond donors (Lipinski definition) is 2. The van der Waals surface area contributed by atoms with Crippen LogP contribution < -0.4 is 10.6 Å². The average Bonchev–Trinajstić information content (AvgIpc) is 2.81. The molecule has 0 atom stereocenters. The van der Waals surface area contributed by atoms with Crippen molar-refractivity contribution < 1.29 is 13.2 Å². The second-order valence-electron chi connectivity index (χ2n) is 4.93. The summed E-state index contributed by atoms with van der Waals surface area (Å²) in [5.74, 6) is -0.383. The lowest BCUT2D eigenvalue weighted by Gasteiger charge is -2.34. The summed E-state index contributed by atoms with van der Waals surface area (Å²) in [7, 11) is -3.44. The second kappa shape index (κ2) is 7.41. The maximum Gasteiger partial charge on any atom is 0.241 e. The van der Waals surface area contributed by atoms with Gasteiger partial charge in [0.15, 0.2) is 14.6 Å². The molecule has 2 heterocycles. The molecule has 1 saturated heterocycles. The predicted octanol–water partition coefficient (Wildman–Crippen LogP) is 1.72. The van der Waals surface area contributed by atoms with Crippen molar-refractivity contribution in [3.8, 4) is 0 Å². The zero-order valence-corrected chi connectivity index (χ0v) is 15.6. The van der Waals surface area contributed by atoms with Crippen LogP contribution in [0.3, 0.4) is 0 Å². The van der Waals surface area contributed by atoms with E-state index >= 15 is 0 Å². The number of nitrogens with one attached hydrogen (secondary N) is 2. The number of amides is 1. The number of carbonyl (C=O) groups is 1. The highest BCUT2D eigenvalue weighted by Gasteiger charge is 2.48. The van der Waals surface area contributed by atoms with Crippen molar-refractivity contribution in [3.05, 3.63) is 20.8 Å². The molecule has 0 unspecified atom stereocenters. The van der Waals surface area contributed by atoms with Crippen LogP contribution in [0.2, 0.25) is 0 Å². The summed E-state index contributed by atoms with van der Waals surface area (Å²) < 4.78 is 23.8. The SMILES string of the molecule is CS(=O)(=O)C1(C(=O)NCc2cc(Br)cs2)CCNCC1.Cl. The van der Waals surface area contributed by atoms with Gasteiger partial charge in [0.1, 0.15) is 0 Å². The minimum atomic E-state index is -3.44. The van der Waals surface area contributed by atoms with Crippen LogP contribution in [0.1, 0.15) is 17.7 Å². The van der Waals surface area contributed by atoms with Crippen LogP contribution in [0.5, 0.6) is 0 Å². The lowest BCUT2D eigenvalue weighted by Crippen LogP contribution is -2.57. The smallest absolute Gasteiger partial charge is 0.241 e. The van der Waals surface area contributed by atoms with Gasteiger partial charge in [-0.1, -0.05) is 0 Å². The molecule has 1 aromatic rings. The van der Waals surface area contributed by atoms with Gasteiger partial charge >= 0.3 is 0 Å². The molecular formula is C12H18BrClN2O3S2. The predicted molar refractivity (Wildman–Crippen MR) is 90.8 cm³/mol. The minimum Gasteiger partial charge on any atom is -0.350 e. The molecule has 120 valence electrons. The Kier molecular flexibility index (Phi) is 6.67. The van der Waals surface area contributed by atoms with E-state index in [0.717, 1.165) is 15.6 Å². The van der Waals surface area contributed by atoms with Gasteiger partial charge in [0.2, 0.25) is 5.91 Å². The average molecular weight is 418 g/mol. The van der Waals surface area contributed by atoms with Gasteiger partial charge in [-0.2, -0.15) is 0 Å². The Morgan fingerprint density at radius 3 is 2.57 bits per heavy atom. The summed E-state index contributed by atoms with van der Waals surface area (Å²) in [6, 6.07) is 1.92. The third-order valence-electron chi connectivity index (χ3n) is 3.58. The lowest BCUT2D eigenvalue weighted by molar-refractivity contribution is -0.124. The molecule has 2 rings (SSSR count). The second-order valence-corrected chi connectivity index (χ2v) is 9.17. The van der Waals surface area contributed by atoms with Gasteiger partial charge in [-0.15, -0.1) is 23.7 Å². The van der Waals surface area contributed by atoms with E-state index in [1.54, 1.807) is 0 Å². The zero-order chi connectivity index (χ0) is 14.8. The van der Waals surface area contributed by atoms with E-state index in [1.807, 2.05) is 11.4 Å². The first-order chi connectivity index (χ1) is 9.35. The van der Waals surface area contributed by atoms with Crippen molar-refractivity contribution in [1.82, 2.24) is 10.6 Å². The third-order valence-corrected chi connectivity index (χ3v) is 7.29. The zero-order valence-electron chi connectivity index (χ0n) is 11.5. The minimum absolute atomic E-state index is 0. The van der Waals surface area contributed by atoms with E-state index in [9.17, 15) is 13.2 Å². The van der Waals surface area contributed by atoms with E-state index in [-0.39, 0.29) is 18.3 Å². The van der Waals surface area contributed by atoms with Crippen LogP contribution in [-0.4, -0.2) is 38.4 Å². The standard InChI is InChI=1S/C12H17BrN2O3S2.ClH/c1-20(17,18)12(2-4-14-5-3-12)11(16)15-7-10-6-9(13)8-19-10;/h6,8,14H,2-5,7H2,1H3,(H,15,16);1H. The van der Waals surface area contributed by atoms with Crippen molar-refractivity contribution in [2.45, 2.75) is 24.1 Å².